The Hall–Kier alpha value is -2.95. The average Bonchev–Trinajstić information content (AvgIpc) is 3.22. The van der Waals surface area contributed by atoms with Crippen LogP contribution < -0.4 is 0 Å². The fraction of sp³-hybridized carbons (Fsp3) is 0.367. The minimum Gasteiger partial charge on any atom is -0.375 e. The van der Waals surface area contributed by atoms with E-state index in [9.17, 15) is 4.79 Å². The van der Waals surface area contributed by atoms with Crippen molar-refractivity contribution in [2.45, 2.75) is 25.3 Å². The number of ether oxygens (including phenoxy) is 1. The highest BCUT2D eigenvalue weighted by Gasteiger charge is 2.48. The van der Waals surface area contributed by atoms with Gasteiger partial charge >= 0.3 is 0 Å². The van der Waals surface area contributed by atoms with Crippen molar-refractivity contribution in [1.82, 2.24) is 9.80 Å². The third-order valence-electron chi connectivity index (χ3n) is 7.74. The molecular formula is C30H34N2O2. The van der Waals surface area contributed by atoms with E-state index in [1.54, 1.807) is 7.11 Å². The van der Waals surface area contributed by atoms with Crippen LogP contribution in [0, 0.1) is 5.41 Å². The van der Waals surface area contributed by atoms with Crippen molar-refractivity contribution in [3.63, 3.8) is 0 Å². The fourth-order valence-corrected chi connectivity index (χ4v) is 6.00. The topological polar surface area (TPSA) is 32.8 Å². The smallest absolute Gasteiger partial charge is 0.248 e. The minimum atomic E-state index is 0.112. The number of carbonyl (C=O) groups excluding carboxylic acids is 1. The number of hydrogen-bond donors (Lipinski definition) is 0. The van der Waals surface area contributed by atoms with Gasteiger partial charge < -0.3 is 9.64 Å². The van der Waals surface area contributed by atoms with Crippen LogP contribution in [0.15, 0.2) is 84.9 Å². The molecule has 2 heterocycles. The molecule has 0 saturated carbocycles. The molecule has 1 amide bonds. The van der Waals surface area contributed by atoms with Gasteiger partial charge in [0.1, 0.15) is 6.61 Å². The lowest BCUT2D eigenvalue weighted by atomic mass is 9.68. The summed E-state index contributed by atoms with van der Waals surface area (Å²) < 4.78 is 5.09. The Morgan fingerprint density at radius 3 is 2.29 bits per heavy atom. The van der Waals surface area contributed by atoms with Crippen LogP contribution in [0.2, 0.25) is 0 Å². The van der Waals surface area contributed by atoms with E-state index >= 15 is 0 Å². The zero-order chi connectivity index (χ0) is 23.4. The monoisotopic (exact) mass is 454 g/mol. The van der Waals surface area contributed by atoms with Gasteiger partial charge in [-0.15, -0.1) is 0 Å². The Labute approximate surface area is 203 Å². The van der Waals surface area contributed by atoms with Crippen LogP contribution in [0.25, 0.3) is 11.1 Å². The van der Waals surface area contributed by atoms with Crippen molar-refractivity contribution >= 4 is 5.91 Å². The van der Waals surface area contributed by atoms with E-state index in [-0.39, 0.29) is 17.9 Å². The van der Waals surface area contributed by atoms with E-state index in [2.05, 4.69) is 89.8 Å². The predicted molar refractivity (Wildman–Crippen MR) is 136 cm³/mol. The van der Waals surface area contributed by atoms with Crippen molar-refractivity contribution in [3.05, 3.63) is 96.1 Å². The molecular weight excluding hydrogens is 420 g/mol. The normalized spacial score (nSPS) is 20.0. The van der Waals surface area contributed by atoms with E-state index in [0.717, 1.165) is 45.6 Å². The summed E-state index contributed by atoms with van der Waals surface area (Å²) in [6.45, 7) is 4.92. The van der Waals surface area contributed by atoms with Gasteiger partial charge in [-0.2, -0.15) is 0 Å². The van der Waals surface area contributed by atoms with Gasteiger partial charge in [-0.1, -0.05) is 78.9 Å². The van der Waals surface area contributed by atoms with Crippen LogP contribution in [-0.4, -0.2) is 55.6 Å². The number of methoxy groups -OCH3 is 1. The fourth-order valence-electron chi connectivity index (χ4n) is 6.00. The lowest BCUT2D eigenvalue weighted by molar-refractivity contribution is -0.137. The number of hydrogen-bond acceptors (Lipinski definition) is 3. The molecule has 5 rings (SSSR count). The van der Waals surface area contributed by atoms with Gasteiger partial charge in [0, 0.05) is 45.8 Å². The summed E-state index contributed by atoms with van der Waals surface area (Å²) in [6, 6.07) is 30.6. The molecule has 4 heteroatoms. The summed E-state index contributed by atoms with van der Waals surface area (Å²) in [7, 11) is 1.59. The molecule has 176 valence electrons. The molecule has 0 unspecified atom stereocenters. The molecule has 4 nitrogen and oxygen atoms in total. The maximum atomic E-state index is 12.4. The molecule has 0 N–H and O–H groups in total. The van der Waals surface area contributed by atoms with Gasteiger partial charge in [0.05, 0.1) is 0 Å². The zero-order valence-electron chi connectivity index (χ0n) is 20.0. The van der Waals surface area contributed by atoms with Crippen LogP contribution in [0.3, 0.4) is 0 Å². The molecule has 34 heavy (non-hydrogen) atoms. The van der Waals surface area contributed by atoms with Gasteiger partial charge in [0.25, 0.3) is 0 Å². The van der Waals surface area contributed by atoms with Crippen molar-refractivity contribution in [3.8, 4) is 11.1 Å². The Balaban J connectivity index is 1.35. The maximum Gasteiger partial charge on any atom is 0.248 e. The molecule has 2 aliphatic heterocycles. The first-order chi connectivity index (χ1) is 16.7. The van der Waals surface area contributed by atoms with Crippen LogP contribution in [0.1, 0.15) is 29.9 Å². The van der Waals surface area contributed by atoms with E-state index < -0.39 is 0 Å². The van der Waals surface area contributed by atoms with Gasteiger partial charge in [-0.05, 0) is 46.6 Å². The maximum absolute atomic E-state index is 12.4. The van der Waals surface area contributed by atoms with Crippen LogP contribution >= 0.6 is 0 Å². The summed E-state index contributed by atoms with van der Waals surface area (Å²) in [5, 5.41) is 0. The quantitative estimate of drug-likeness (QED) is 0.513. The first-order valence-corrected chi connectivity index (χ1v) is 12.4. The Kier molecular flexibility index (Phi) is 6.80. The number of rotatable bonds is 6. The van der Waals surface area contributed by atoms with Gasteiger partial charge in [-0.3, -0.25) is 9.69 Å². The van der Waals surface area contributed by atoms with E-state index in [1.807, 2.05) is 4.90 Å². The van der Waals surface area contributed by atoms with Gasteiger partial charge in [0.2, 0.25) is 5.91 Å². The lowest BCUT2D eigenvalue weighted by Gasteiger charge is -2.43. The number of amides is 1. The summed E-state index contributed by atoms with van der Waals surface area (Å²) >= 11 is 0. The van der Waals surface area contributed by atoms with Crippen molar-refractivity contribution in [1.29, 1.82) is 0 Å². The van der Waals surface area contributed by atoms with E-state index in [0.29, 0.717) is 5.92 Å². The van der Waals surface area contributed by atoms with Gasteiger partial charge in [-0.25, -0.2) is 0 Å². The highest BCUT2D eigenvalue weighted by Crippen LogP contribution is 2.50. The lowest BCUT2D eigenvalue weighted by Crippen LogP contribution is -2.47. The van der Waals surface area contributed by atoms with Crippen LogP contribution in [0.5, 0.6) is 0 Å². The Morgan fingerprint density at radius 2 is 1.59 bits per heavy atom. The minimum absolute atomic E-state index is 0.112. The van der Waals surface area contributed by atoms with E-state index in [4.69, 9.17) is 4.74 Å². The second-order valence-corrected chi connectivity index (χ2v) is 9.88. The standard InChI is InChI=1S/C30H34N2O2/c1-34-22-29(33)32-17-15-30(16-18-32)23-31(21-28(30)26-12-6-3-7-13-26)20-24-9-8-14-27(19-24)25-10-4-2-5-11-25/h2-14,19,28H,15-18,20-23H2,1H3/t28-/m0/s1. The van der Waals surface area contributed by atoms with Crippen LogP contribution in [-0.2, 0) is 16.1 Å². The summed E-state index contributed by atoms with van der Waals surface area (Å²) in [5.74, 6) is 0.604. The van der Waals surface area contributed by atoms with Gasteiger partial charge in [0.15, 0.2) is 0 Å². The van der Waals surface area contributed by atoms with Crippen molar-refractivity contribution in [2.24, 2.45) is 5.41 Å². The molecule has 0 bridgehead atoms. The highest BCUT2D eigenvalue weighted by atomic mass is 16.5. The largest absolute Gasteiger partial charge is 0.375 e. The molecule has 3 aromatic rings. The number of likely N-dealkylation sites (tertiary alicyclic amines) is 2. The van der Waals surface area contributed by atoms with Crippen molar-refractivity contribution in [2.75, 3.05) is 39.9 Å². The first kappa shape index (κ1) is 22.8. The summed E-state index contributed by atoms with van der Waals surface area (Å²) in [5.41, 5.74) is 5.54. The van der Waals surface area contributed by atoms with E-state index in [1.165, 1.54) is 22.3 Å². The number of carbonyl (C=O) groups is 1. The van der Waals surface area contributed by atoms with Crippen LogP contribution in [0.4, 0.5) is 0 Å². The third-order valence-corrected chi connectivity index (χ3v) is 7.74. The highest BCUT2D eigenvalue weighted by molar-refractivity contribution is 5.77. The molecule has 2 saturated heterocycles. The third kappa shape index (κ3) is 4.79. The summed E-state index contributed by atoms with van der Waals surface area (Å²) in [4.78, 5) is 17.0. The number of piperidine rings is 1. The second kappa shape index (κ2) is 10.1. The van der Waals surface area contributed by atoms with Crippen molar-refractivity contribution < 1.29 is 9.53 Å². The zero-order valence-corrected chi connectivity index (χ0v) is 20.0. The molecule has 2 aliphatic rings. The first-order valence-electron chi connectivity index (χ1n) is 12.4. The summed E-state index contributed by atoms with van der Waals surface area (Å²) in [6.07, 6.45) is 2.09. The average molecular weight is 455 g/mol. The molecule has 1 spiro atoms. The number of benzene rings is 3. The Bertz CT molecular complexity index is 1090. The number of nitrogens with zero attached hydrogens (tertiary/aromatic N) is 2. The Morgan fingerprint density at radius 1 is 0.912 bits per heavy atom. The molecule has 0 aliphatic carbocycles. The molecule has 1 atom stereocenters. The second-order valence-electron chi connectivity index (χ2n) is 9.88. The molecule has 0 radical (unpaired) electrons. The SMILES string of the molecule is COCC(=O)N1CCC2(CC1)CN(Cc1cccc(-c3ccccc3)c1)C[C@H]2c1ccccc1. The molecule has 0 aromatic heterocycles. The molecule has 2 fully saturated rings. The molecule has 3 aromatic carbocycles. The predicted octanol–water partition coefficient (Wildman–Crippen LogP) is 5.21.